The minimum atomic E-state index is -2.00. The molecule has 4 saturated heterocycles. The highest BCUT2D eigenvalue weighted by molar-refractivity contribution is 5.81. The van der Waals surface area contributed by atoms with E-state index in [-0.39, 0.29) is 46.1 Å². The Balaban J connectivity index is 1.01. The van der Waals surface area contributed by atoms with Crippen molar-refractivity contribution in [1.29, 1.82) is 0 Å². The monoisotopic (exact) mass is 922 g/mol. The maximum atomic E-state index is 13.6. The number of aliphatic hydroxyl groups excluding tert-OH is 7. The first-order valence-corrected chi connectivity index (χ1v) is 24.1. The van der Waals surface area contributed by atoms with Crippen molar-refractivity contribution < 1.29 is 83.6 Å². The third-order valence-corrected chi connectivity index (χ3v) is 19.9. The summed E-state index contributed by atoms with van der Waals surface area (Å²) in [7, 11) is 0. The quantitative estimate of drug-likeness (QED) is 0.0986. The van der Waals surface area contributed by atoms with Gasteiger partial charge in [0.1, 0.15) is 61.0 Å². The minimum Gasteiger partial charge on any atom is -0.479 e. The molecule has 9 fully saturated rings. The van der Waals surface area contributed by atoms with E-state index in [9.17, 15) is 50.4 Å². The second-order valence-electron chi connectivity index (χ2n) is 23.2. The Labute approximate surface area is 381 Å². The van der Waals surface area contributed by atoms with Gasteiger partial charge in [0.25, 0.3) is 0 Å². The van der Waals surface area contributed by atoms with E-state index in [4.69, 9.17) is 33.2 Å². The van der Waals surface area contributed by atoms with Crippen LogP contribution in [0.15, 0.2) is 12.2 Å². The van der Waals surface area contributed by atoms with E-state index in [1.165, 1.54) is 13.8 Å². The fraction of sp³-hybridized carbons (Fsp3) is 0.917. The molecule has 5 saturated carbocycles. The number of hydrogen-bond acceptors (Lipinski definition) is 16. The van der Waals surface area contributed by atoms with E-state index in [0.29, 0.717) is 18.3 Å². The lowest BCUT2D eigenvalue weighted by atomic mass is 9.32. The van der Waals surface area contributed by atoms with Crippen LogP contribution in [0, 0.1) is 56.7 Å². The molecule has 4 heterocycles. The molecule has 0 aromatic rings. The summed E-state index contributed by atoms with van der Waals surface area (Å²) in [5, 5.41) is 86.4. The predicted molar refractivity (Wildman–Crippen MR) is 226 cm³/mol. The van der Waals surface area contributed by atoms with Crippen LogP contribution in [0.25, 0.3) is 0 Å². The molecule has 17 nitrogen and oxygen atoms in total. The molecule has 368 valence electrons. The minimum absolute atomic E-state index is 0.00624. The molecule has 0 amide bonds. The van der Waals surface area contributed by atoms with Crippen LogP contribution in [0.3, 0.4) is 0 Å². The lowest BCUT2D eigenvalue weighted by Crippen LogP contribution is -2.69. The summed E-state index contributed by atoms with van der Waals surface area (Å²) in [5.41, 5.74) is 0.0248. The Hall–Kier alpha value is -1.84. The molecule has 0 aromatic carbocycles. The van der Waals surface area contributed by atoms with Gasteiger partial charge in [0.05, 0.1) is 23.7 Å². The van der Waals surface area contributed by atoms with Crippen molar-refractivity contribution in [3.63, 3.8) is 0 Å². The zero-order valence-corrected chi connectivity index (χ0v) is 39.0. The smallest absolute Gasteiger partial charge is 0.335 e. The van der Waals surface area contributed by atoms with Gasteiger partial charge in [0.2, 0.25) is 0 Å². The lowest BCUT2D eigenvalue weighted by molar-refractivity contribution is -0.394. The molecule has 8 N–H and O–H groups in total. The second kappa shape index (κ2) is 16.4. The molecule has 5 aliphatic carbocycles. The average Bonchev–Trinajstić information content (AvgIpc) is 3.75. The number of carboxylic acids is 1. The Morgan fingerprint density at radius 3 is 1.85 bits per heavy atom. The van der Waals surface area contributed by atoms with Crippen LogP contribution in [0.4, 0.5) is 0 Å². The summed E-state index contributed by atoms with van der Waals surface area (Å²) in [5.74, 6) is -0.262. The summed E-state index contributed by atoms with van der Waals surface area (Å²) < 4.78 is 43.0. The molecule has 2 bridgehead atoms. The fourth-order valence-electron chi connectivity index (χ4n) is 16.3. The molecule has 9 rings (SSSR count). The molecule has 5 unspecified atom stereocenters. The highest BCUT2D eigenvalue weighted by Crippen LogP contribution is 2.78. The van der Waals surface area contributed by atoms with Gasteiger partial charge in [0, 0.05) is 12.3 Å². The van der Waals surface area contributed by atoms with Crippen LogP contribution in [-0.2, 0) is 42.7 Å². The zero-order valence-electron chi connectivity index (χ0n) is 39.0. The van der Waals surface area contributed by atoms with Crippen LogP contribution in [0.2, 0.25) is 0 Å². The van der Waals surface area contributed by atoms with Gasteiger partial charge in [-0.2, -0.15) is 0 Å². The van der Waals surface area contributed by atoms with Crippen molar-refractivity contribution in [3.8, 4) is 0 Å². The largest absolute Gasteiger partial charge is 0.479 e. The summed E-state index contributed by atoms with van der Waals surface area (Å²) in [6, 6.07) is 0. The molecule has 26 atom stereocenters. The summed E-state index contributed by atoms with van der Waals surface area (Å²) in [4.78, 5) is 26.4. The van der Waals surface area contributed by atoms with Gasteiger partial charge in [-0.15, -0.1) is 0 Å². The van der Waals surface area contributed by atoms with Gasteiger partial charge in [-0.05, 0) is 117 Å². The van der Waals surface area contributed by atoms with Gasteiger partial charge >= 0.3 is 11.9 Å². The van der Waals surface area contributed by atoms with Crippen LogP contribution in [-0.4, -0.2) is 157 Å². The first kappa shape index (κ1) is 48.2. The van der Waals surface area contributed by atoms with Crippen LogP contribution >= 0.6 is 0 Å². The third-order valence-electron chi connectivity index (χ3n) is 19.9. The molecule has 1 spiro atoms. The maximum absolute atomic E-state index is 13.6. The van der Waals surface area contributed by atoms with Crippen LogP contribution < -0.4 is 0 Å². The van der Waals surface area contributed by atoms with E-state index in [1.54, 1.807) is 0 Å². The van der Waals surface area contributed by atoms with E-state index < -0.39 is 115 Å². The zero-order chi connectivity index (χ0) is 47.2. The Morgan fingerprint density at radius 1 is 0.662 bits per heavy atom. The highest BCUT2D eigenvalue weighted by Gasteiger charge is 2.76. The molecule has 0 aromatic heterocycles. The topological polar surface area (TPSA) is 261 Å². The Kier molecular flexibility index (Phi) is 12.1. The van der Waals surface area contributed by atoms with E-state index in [0.717, 1.165) is 56.9 Å². The normalized spacial score (nSPS) is 57.0. The summed E-state index contributed by atoms with van der Waals surface area (Å²) >= 11 is 0. The van der Waals surface area contributed by atoms with Gasteiger partial charge in [-0.3, -0.25) is 4.79 Å². The number of aliphatic carboxylic acids is 1. The molecule has 4 aliphatic heterocycles. The number of carbonyl (C=O) groups is 2. The number of fused-ring (bicyclic) bond motifs is 7. The number of ether oxygens (including phenoxy) is 7. The molecule has 17 heteroatoms. The molecular formula is C48H74O17. The van der Waals surface area contributed by atoms with Crippen molar-refractivity contribution in [2.75, 3.05) is 0 Å². The number of esters is 1. The van der Waals surface area contributed by atoms with Crippen molar-refractivity contribution in [1.82, 2.24) is 0 Å². The van der Waals surface area contributed by atoms with Gasteiger partial charge in [0.15, 0.2) is 25.0 Å². The first-order valence-electron chi connectivity index (χ1n) is 24.1. The molecular weight excluding hydrogens is 849 g/mol. The van der Waals surface area contributed by atoms with Gasteiger partial charge in [-0.25, -0.2) is 4.79 Å². The number of carboxylic acid groups (broad SMARTS) is 1. The molecule has 0 radical (unpaired) electrons. The molecule has 9 aliphatic rings. The van der Waals surface area contributed by atoms with E-state index in [2.05, 4.69) is 48.1 Å². The number of hydrogen-bond donors (Lipinski definition) is 8. The lowest BCUT2D eigenvalue weighted by Gasteiger charge is -2.73. The average molecular weight is 923 g/mol. The highest BCUT2D eigenvalue weighted by atomic mass is 16.8. The van der Waals surface area contributed by atoms with Crippen molar-refractivity contribution in [3.05, 3.63) is 12.2 Å². The first-order chi connectivity index (χ1) is 30.3. The predicted octanol–water partition coefficient (Wildman–Crippen LogP) is 2.16. The third kappa shape index (κ3) is 6.93. The van der Waals surface area contributed by atoms with Crippen LogP contribution in [0.1, 0.15) is 113 Å². The van der Waals surface area contributed by atoms with Gasteiger partial charge < -0.3 is 74.0 Å². The summed E-state index contributed by atoms with van der Waals surface area (Å²) in [6.45, 7) is 21.2. The number of carbonyl (C=O) groups excluding carboxylic acids is 1. The Bertz CT molecular complexity index is 1860. The number of aliphatic hydroxyl groups is 7. The van der Waals surface area contributed by atoms with Gasteiger partial charge in [-0.1, -0.05) is 46.8 Å². The SMILES string of the molecule is C=C(C)[C@H]1[C@@H]2[C@H]3CC[C@@H]4[C@@]5(C)CC[C@H](O[C@@H]6O[C@H](C(=O)O)[C@@H](O)[C@H](O[C@@H]7O[C@@H](C)[C@H](O)[C@@H](O)[C@H]7O)[C@H]6OC6OC(C)C(O)C(O)C6O)C(C)(C)[C@@H]5CC[C@@]4(C)[C@]3(C)CC[C@@]23C[C@@H]1OC3=O. The van der Waals surface area contributed by atoms with Crippen molar-refractivity contribution in [2.24, 2.45) is 56.7 Å². The maximum Gasteiger partial charge on any atom is 0.335 e. The molecule has 65 heavy (non-hydrogen) atoms. The fourth-order valence-corrected chi connectivity index (χ4v) is 16.3. The summed E-state index contributed by atoms with van der Waals surface area (Å²) in [6.07, 6.45) is -17.1. The number of rotatable bonds is 8. The van der Waals surface area contributed by atoms with E-state index >= 15 is 0 Å². The van der Waals surface area contributed by atoms with E-state index in [1.807, 2.05) is 0 Å². The van der Waals surface area contributed by atoms with Crippen molar-refractivity contribution >= 4 is 11.9 Å². The second-order valence-corrected chi connectivity index (χ2v) is 23.2. The Morgan fingerprint density at radius 2 is 1.26 bits per heavy atom. The standard InChI is InChI=1S/C48H74O17/c1-19(2)27-23-18-48(43(58)61-23)17-16-46(8)22(28(27)48)10-11-25-45(7)14-13-26(44(5,6)24(45)12-15-47(25,46)9)62-42-38(65-41-34(54)32(52)30(50)21(4)60-41)36(35(55)37(64-42)39(56)57)63-40-33(53)31(51)29(49)20(3)59-40/h20-38,40-42,49-55H,1,10-18H2,2-9H3,(H,56,57)/t20-,21?,22+,23-,24-,25+,26-,27+,28-,29-,30?,31+,32?,33+,34?,35-,36-,37-,38+,40-,41?,42+,45-,46+,47+,48+/m0/s1. The van der Waals surface area contributed by atoms with Crippen LogP contribution in [0.5, 0.6) is 0 Å². The van der Waals surface area contributed by atoms with Crippen molar-refractivity contribution in [2.45, 2.75) is 218 Å².